The monoisotopic (exact) mass is 299 g/mol. The maximum absolute atomic E-state index is 9.00. The Morgan fingerprint density at radius 3 is 2.00 bits per heavy atom. The van der Waals surface area contributed by atoms with Gasteiger partial charge in [-0.05, 0) is 23.5 Å². The summed E-state index contributed by atoms with van der Waals surface area (Å²) in [6.45, 7) is 6.27. The summed E-state index contributed by atoms with van der Waals surface area (Å²) < 4.78 is 0. The standard InChI is InChI=1S/C16H26ClNO2/c1-3-13(2)14-4-6-15(7-5-14)16(17)12-18(8-10-19)9-11-20/h4-7,13,16,19-20H,3,8-12H2,1-2H3. The minimum atomic E-state index is -0.126. The van der Waals surface area contributed by atoms with Gasteiger partial charge < -0.3 is 10.2 Å². The molecule has 2 N–H and O–H groups in total. The Morgan fingerprint density at radius 2 is 1.55 bits per heavy atom. The molecule has 1 rings (SSSR count). The third-order valence-corrected chi connectivity index (χ3v) is 4.12. The zero-order valence-corrected chi connectivity index (χ0v) is 13.2. The van der Waals surface area contributed by atoms with Gasteiger partial charge in [0, 0.05) is 19.6 Å². The summed E-state index contributed by atoms with van der Waals surface area (Å²) in [5.41, 5.74) is 2.42. The average Bonchev–Trinajstić information content (AvgIpc) is 2.47. The van der Waals surface area contributed by atoms with E-state index in [1.54, 1.807) is 0 Å². The van der Waals surface area contributed by atoms with Crippen LogP contribution in [0.2, 0.25) is 0 Å². The van der Waals surface area contributed by atoms with E-state index in [-0.39, 0.29) is 18.6 Å². The molecule has 0 saturated carbocycles. The quantitative estimate of drug-likeness (QED) is 0.689. The number of nitrogens with zero attached hydrogens (tertiary/aromatic N) is 1. The maximum atomic E-state index is 9.00. The third-order valence-electron chi connectivity index (χ3n) is 3.73. The molecule has 4 heteroatoms. The van der Waals surface area contributed by atoms with Crippen LogP contribution in [0, 0.1) is 0 Å². The van der Waals surface area contributed by atoms with Crippen LogP contribution in [0.5, 0.6) is 0 Å². The highest BCUT2D eigenvalue weighted by molar-refractivity contribution is 6.21. The highest BCUT2D eigenvalue weighted by Gasteiger charge is 2.13. The molecule has 1 aromatic carbocycles. The van der Waals surface area contributed by atoms with Gasteiger partial charge in [0.1, 0.15) is 0 Å². The van der Waals surface area contributed by atoms with Gasteiger partial charge in [-0.15, -0.1) is 11.6 Å². The molecule has 0 bridgehead atoms. The Labute approximate surface area is 127 Å². The Kier molecular flexibility index (Phi) is 8.15. The van der Waals surface area contributed by atoms with E-state index in [4.69, 9.17) is 21.8 Å². The van der Waals surface area contributed by atoms with Crippen LogP contribution in [0.25, 0.3) is 0 Å². The van der Waals surface area contributed by atoms with Gasteiger partial charge in [-0.25, -0.2) is 0 Å². The molecule has 0 heterocycles. The first-order chi connectivity index (χ1) is 9.62. The number of alkyl halides is 1. The highest BCUT2D eigenvalue weighted by atomic mass is 35.5. The normalized spacial score (nSPS) is 14.5. The van der Waals surface area contributed by atoms with E-state index in [0.717, 1.165) is 12.0 Å². The van der Waals surface area contributed by atoms with E-state index in [2.05, 4.69) is 38.1 Å². The first kappa shape index (κ1) is 17.4. The lowest BCUT2D eigenvalue weighted by molar-refractivity contribution is 0.161. The van der Waals surface area contributed by atoms with Crippen LogP contribution < -0.4 is 0 Å². The molecule has 0 radical (unpaired) electrons. The summed E-state index contributed by atoms with van der Waals surface area (Å²) in [5.74, 6) is 0.568. The van der Waals surface area contributed by atoms with Gasteiger partial charge >= 0.3 is 0 Å². The maximum Gasteiger partial charge on any atom is 0.0712 e. The summed E-state index contributed by atoms with van der Waals surface area (Å²) in [7, 11) is 0. The lowest BCUT2D eigenvalue weighted by atomic mass is 9.97. The molecule has 114 valence electrons. The van der Waals surface area contributed by atoms with Crippen LogP contribution in [0.4, 0.5) is 0 Å². The number of aliphatic hydroxyl groups is 2. The zero-order valence-electron chi connectivity index (χ0n) is 12.4. The summed E-state index contributed by atoms with van der Waals surface area (Å²) in [4.78, 5) is 1.97. The van der Waals surface area contributed by atoms with Crippen LogP contribution in [-0.4, -0.2) is 48.0 Å². The topological polar surface area (TPSA) is 43.7 Å². The molecule has 0 fully saturated rings. The van der Waals surface area contributed by atoms with Crippen LogP contribution >= 0.6 is 11.6 Å². The van der Waals surface area contributed by atoms with Crippen LogP contribution in [0.1, 0.15) is 42.7 Å². The van der Waals surface area contributed by atoms with Crippen molar-refractivity contribution in [1.82, 2.24) is 4.90 Å². The van der Waals surface area contributed by atoms with Gasteiger partial charge in [-0.3, -0.25) is 4.90 Å². The SMILES string of the molecule is CCC(C)c1ccc(C(Cl)CN(CCO)CCO)cc1. The fourth-order valence-electron chi connectivity index (χ4n) is 2.18. The van der Waals surface area contributed by atoms with Crippen molar-refractivity contribution in [3.63, 3.8) is 0 Å². The second-order valence-electron chi connectivity index (χ2n) is 5.19. The second kappa shape index (κ2) is 9.35. The molecule has 2 unspecified atom stereocenters. The molecule has 0 aliphatic carbocycles. The molecule has 0 spiro atoms. The molecule has 0 amide bonds. The largest absolute Gasteiger partial charge is 0.395 e. The van der Waals surface area contributed by atoms with Gasteiger partial charge in [0.25, 0.3) is 0 Å². The van der Waals surface area contributed by atoms with Gasteiger partial charge in [-0.1, -0.05) is 38.1 Å². The molecule has 0 saturated heterocycles. The van der Waals surface area contributed by atoms with Crippen molar-refractivity contribution in [3.8, 4) is 0 Å². The first-order valence-corrected chi connectivity index (χ1v) is 7.74. The van der Waals surface area contributed by atoms with E-state index < -0.39 is 0 Å². The van der Waals surface area contributed by atoms with Crippen LogP contribution in [-0.2, 0) is 0 Å². The Balaban J connectivity index is 2.64. The van der Waals surface area contributed by atoms with Crippen molar-refractivity contribution in [2.45, 2.75) is 31.6 Å². The fourth-order valence-corrected chi connectivity index (χ4v) is 2.52. The minimum Gasteiger partial charge on any atom is -0.395 e. The van der Waals surface area contributed by atoms with Gasteiger partial charge in [0.05, 0.1) is 18.6 Å². The summed E-state index contributed by atoms with van der Waals surface area (Å²) in [5, 5.41) is 17.9. The van der Waals surface area contributed by atoms with Crippen molar-refractivity contribution in [1.29, 1.82) is 0 Å². The van der Waals surface area contributed by atoms with Gasteiger partial charge in [0.2, 0.25) is 0 Å². The highest BCUT2D eigenvalue weighted by Crippen LogP contribution is 2.25. The van der Waals surface area contributed by atoms with Crippen molar-refractivity contribution in [2.24, 2.45) is 0 Å². The molecule has 20 heavy (non-hydrogen) atoms. The Bertz CT molecular complexity index is 363. The number of hydrogen-bond donors (Lipinski definition) is 2. The van der Waals surface area contributed by atoms with Crippen LogP contribution in [0.15, 0.2) is 24.3 Å². The van der Waals surface area contributed by atoms with E-state index in [0.29, 0.717) is 25.6 Å². The molecule has 0 aliphatic heterocycles. The van der Waals surface area contributed by atoms with Crippen LogP contribution in [0.3, 0.4) is 0 Å². The number of aliphatic hydroxyl groups excluding tert-OH is 2. The van der Waals surface area contributed by atoms with Gasteiger partial charge in [-0.2, -0.15) is 0 Å². The number of hydrogen-bond acceptors (Lipinski definition) is 3. The average molecular weight is 300 g/mol. The van der Waals surface area contributed by atoms with E-state index in [1.807, 2.05) is 4.90 Å². The molecular formula is C16H26ClNO2. The summed E-state index contributed by atoms with van der Waals surface area (Å²) >= 11 is 6.43. The van der Waals surface area contributed by atoms with Crippen molar-refractivity contribution in [2.75, 3.05) is 32.8 Å². The third kappa shape index (κ3) is 5.41. The van der Waals surface area contributed by atoms with E-state index >= 15 is 0 Å². The fraction of sp³-hybridized carbons (Fsp3) is 0.625. The molecule has 2 atom stereocenters. The van der Waals surface area contributed by atoms with Gasteiger partial charge in [0.15, 0.2) is 0 Å². The summed E-state index contributed by atoms with van der Waals surface area (Å²) in [6, 6.07) is 8.44. The zero-order chi connectivity index (χ0) is 15.0. The lowest BCUT2D eigenvalue weighted by Gasteiger charge is -2.23. The molecule has 1 aromatic rings. The second-order valence-corrected chi connectivity index (χ2v) is 5.72. The summed E-state index contributed by atoms with van der Waals surface area (Å²) in [6.07, 6.45) is 1.13. The molecule has 3 nitrogen and oxygen atoms in total. The minimum absolute atomic E-state index is 0.0799. The Hall–Kier alpha value is -0.610. The number of rotatable bonds is 9. The lowest BCUT2D eigenvalue weighted by Crippen LogP contribution is -2.32. The van der Waals surface area contributed by atoms with Crippen molar-refractivity contribution >= 4 is 11.6 Å². The first-order valence-electron chi connectivity index (χ1n) is 7.30. The smallest absolute Gasteiger partial charge is 0.0712 e. The van der Waals surface area contributed by atoms with E-state index in [1.165, 1.54) is 5.56 Å². The van der Waals surface area contributed by atoms with Crippen molar-refractivity contribution < 1.29 is 10.2 Å². The molecule has 0 aromatic heterocycles. The number of benzene rings is 1. The Morgan fingerprint density at radius 1 is 1.05 bits per heavy atom. The molecular weight excluding hydrogens is 274 g/mol. The predicted molar refractivity (Wildman–Crippen MR) is 84.4 cm³/mol. The molecule has 0 aliphatic rings. The van der Waals surface area contributed by atoms with Crippen molar-refractivity contribution in [3.05, 3.63) is 35.4 Å². The van der Waals surface area contributed by atoms with E-state index in [9.17, 15) is 0 Å². The predicted octanol–water partition coefficient (Wildman–Crippen LogP) is 2.77. The number of halogens is 1.